The number of amides is 1. The summed E-state index contributed by atoms with van der Waals surface area (Å²) in [6.45, 7) is 2.36. The summed E-state index contributed by atoms with van der Waals surface area (Å²) in [6, 6.07) is 20.0. The average Bonchev–Trinajstić information content (AvgIpc) is 3.27. The van der Waals surface area contributed by atoms with E-state index in [1.807, 2.05) is 24.3 Å². The van der Waals surface area contributed by atoms with E-state index in [1.54, 1.807) is 31.2 Å². The van der Waals surface area contributed by atoms with Gasteiger partial charge in [0.15, 0.2) is 5.54 Å². The van der Waals surface area contributed by atoms with Gasteiger partial charge >= 0.3 is 6.36 Å². The quantitative estimate of drug-likeness (QED) is 0.190. The van der Waals surface area contributed by atoms with Gasteiger partial charge in [-0.25, -0.2) is 10.4 Å². The summed E-state index contributed by atoms with van der Waals surface area (Å²) >= 11 is 3.43. The van der Waals surface area contributed by atoms with Crippen LogP contribution < -0.4 is 20.3 Å². The number of hydrogen-bond acceptors (Lipinski definition) is 7. The number of benzene rings is 3. The van der Waals surface area contributed by atoms with Gasteiger partial charge in [0.2, 0.25) is 5.90 Å². The van der Waals surface area contributed by atoms with Crippen molar-refractivity contribution >= 4 is 27.7 Å². The Labute approximate surface area is 243 Å². The highest BCUT2D eigenvalue weighted by Gasteiger charge is 2.50. The van der Waals surface area contributed by atoms with Crippen molar-refractivity contribution in [2.45, 2.75) is 44.3 Å². The molecule has 8 nitrogen and oxygen atoms in total. The topological polar surface area (TPSA) is 101 Å². The lowest BCUT2D eigenvalue weighted by atomic mass is 9.86. The molecule has 1 aliphatic heterocycles. The van der Waals surface area contributed by atoms with E-state index in [2.05, 4.69) is 31.5 Å². The molecule has 1 amide bonds. The Bertz CT molecular complexity index is 1340. The van der Waals surface area contributed by atoms with Crippen molar-refractivity contribution in [1.82, 2.24) is 10.9 Å². The number of alkyl halides is 3. The Morgan fingerprint density at radius 2 is 1.66 bits per heavy atom. The molecule has 2 atom stereocenters. The first-order valence-corrected chi connectivity index (χ1v) is 13.6. The second-order valence-corrected chi connectivity index (χ2v) is 10.3. The van der Waals surface area contributed by atoms with Gasteiger partial charge in [-0.1, -0.05) is 40.2 Å². The summed E-state index contributed by atoms with van der Waals surface area (Å²) in [6.07, 6.45) is -4.62. The Balaban J connectivity index is 1.50. The Morgan fingerprint density at radius 3 is 2.29 bits per heavy atom. The molecule has 0 radical (unpaired) electrons. The third-order valence-corrected chi connectivity index (χ3v) is 6.89. The van der Waals surface area contributed by atoms with Crippen LogP contribution in [0.1, 0.15) is 30.0 Å². The fraction of sp³-hybridized carbons (Fsp3) is 0.310. The zero-order valence-corrected chi connectivity index (χ0v) is 23.7. The number of aliphatic hydroxyl groups is 1. The van der Waals surface area contributed by atoms with Crippen molar-refractivity contribution < 1.29 is 37.3 Å². The van der Waals surface area contributed by atoms with E-state index in [9.17, 15) is 18.0 Å². The highest BCUT2D eigenvalue weighted by Crippen LogP contribution is 2.33. The molecule has 0 saturated heterocycles. The van der Waals surface area contributed by atoms with Gasteiger partial charge in [-0.15, -0.1) is 13.2 Å². The maximum absolute atomic E-state index is 13.7. The number of carbonyl (C=O) groups excluding carboxylic acids is 1. The number of hydrogen-bond donors (Lipinski definition) is 3. The van der Waals surface area contributed by atoms with Crippen LogP contribution in [0.2, 0.25) is 0 Å². The van der Waals surface area contributed by atoms with Gasteiger partial charge in [0, 0.05) is 36.0 Å². The molecule has 0 spiro atoms. The predicted octanol–water partition coefficient (Wildman–Crippen LogP) is 5.08. The van der Waals surface area contributed by atoms with Crippen LogP contribution in [0, 0.1) is 0 Å². The first kappa shape index (κ1) is 30.4. The number of carbonyl (C=O) groups is 1. The van der Waals surface area contributed by atoms with E-state index in [1.165, 1.54) is 24.3 Å². The normalized spacial score (nSPS) is 18.4. The van der Waals surface area contributed by atoms with Crippen molar-refractivity contribution in [3.63, 3.8) is 0 Å². The van der Waals surface area contributed by atoms with Gasteiger partial charge in [0.05, 0.1) is 6.61 Å². The number of nitrogens with zero attached hydrogens (tertiary/aromatic N) is 1. The zero-order valence-electron chi connectivity index (χ0n) is 22.1. The van der Waals surface area contributed by atoms with Crippen LogP contribution in [0.3, 0.4) is 0 Å². The van der Waals surface area contributed by atoms with Gasteiger partial charge in [-0.05, 0) is 66.6 Å². The summed E-state index contributed by atoms with van der Waals surface area (Å²) in [5.41, 5.74) is 6.41. The molecule has 12 heteroatoms. The molecule has 0 aliphatic carbocycles. The molecule has 41 heavy (non-hydrogen) atoms. The summed E-state index contributed by atoms with van der Waals surface area (Å²) in [7, 11) is 0. The fourth-order valence-electron chi connectivity index (χ4n) is 4.20. The molecule has 218 valence electrons. The minimum Gasteiger partial charge on any atom is -0.494 e. The Hall–Kier alpha value is -3.61. The van der Waals surface area contributed by atoms with Crippen LogP contribution in [0.5, 0.6) is 11.5 Å². The second-order valence-electron chi connectivity index (χ2n) is 9.35. The van der Waals surface area contributed by atoms with Crippen LogP contribution in [-0.4, -0.2) is 48.1 Å². The molecule has 0 unspecified atom stereocenters. The summed E-state index contributed by atoms with van der Waals surface area (Å²) in [5, 5.41) is 8.94. The van der Waals surface area contributed by atoms with Gasteiger partial charge in [-0.3, -0.25) is 10.2 Å². The molecule has 1 aliphatic rings. The number of ether oxygens (including phenoxy) is 3. The minimum atomic E-state index is -4.77. The molecule has 4 rings (SSSR count). The largest absolute Gasteiger partial charge is 0.573 e. The number of hydrazine groups is 1. The van der Waals surface area contributed by atoms with Crippen molar-refractivity contribution in [1.29, 1.82) is 0 Å². The highest BCUT2D eigenvalue weighted by atomic mass is 79.9. The van der Waals surface area contributed by atoms with Crippen LogP contribution in [0.4, 0.5) is 13.2 Å². The first-order valence-electron chi connectivity index (χ1n) is 12.8. The smallest absolute Gasteiger partial charge is 0.494 e. The number of aliphatic hydroxyl groups excluding tert-OH is 1. The minimum absolute atomic E-state index is 0.0428. The van der Waals surface area contributed by atoms with Gasteiger partial charge in [0.1, 0.15) is 17.6 Å². The van der Waals surface area contributed by atoms with E-state index >= 15 is 0 Å². The van der Waals surface area contributed by atoms with Gasteiger partial charge in [0.25, 0.3) is 5.91 Å². The maximum Gasteiger partial charge on any atom is 0.573 e. The van der Waals surface area contributed by atoms with Crippen molar-refractivity contribution in [3.05, 3.63) is 94.0 Å². The summed E-state index contributed by atoms with van der Waals surface area (Å²) < 4.78 is 53.7. The van der Waals surface area contributed by atoms with Crippen LogP contribution in [0.25, 0.3) is 0 Å². The van der Waals surface area contributed by atoms with Crippen LogP contribution in [-0.2, 0) is 22.5 Å². The third kappa shape index (κ3) is 8.21. The first-order chi connectivity index (χ1) is 19.6. The summed E-state index contributed by atoms with van der Waals surface area (Å²) in [4.78, 5) is 18.5. The predicted molar refractivity (Wildman–Crippen MR) is 149 cm³/mol. The molecule has 1 heterocycles. The van der Waals surface area contributed by atoms with E-state index in [-0.39, 0.29) is 25.3 Å². The zero-order chi connectivity index (χ0) is 29.5. The number of nitrogens with one attached hydrogen (secondary N) is 2. The van der Waals surface area contributed by atoms with Gasteiger partial charge in [-0.2, -0.15) is 0 Å². The number of rotatable bonds is 12. The maximum atomic E-state index is 13.7. The molecule has 0 aromatic heterocycles. The Morgan fingerprint density at radius 1 is 1.02 bits per heavy atom. The monoisotopic (exact) mass is 635 g/mol. The molecular weight excluding hydrogens is 607 g/mol. The fourth-order valence-corrected chi connectivity index (χ4v) is 4.46. The van der Waals surface area contributed by atoms with Gasteiger partial charge < -0.3 is 19.3 Å². The lowest BCUT2D eigenvalue weighted by Gasteiger charge is -2.28. The second kappa shape index (κ2) is 13.4. The third-order valence-electron chi connectivity index (χ3n) is 6.37. The lowest BCUT2D eigenvalue weighted by Crippen LogP contribution is -2.55. The van der Waals surface area contributed by atoms with Crippen molar-refractivity contribution in [2.24, 2.45) is 4.99 Å². The van der Waals surface area contributed by atoms with E-state index in [0.29, 0.717) is 35.8 Å². The number of halogens is 4. The van der Waals surface area contributed by atoms with Crippen LogP contribution in [0.15, 0.2) is 82.3 Å². The summed E-state index contributed by atoms with van der Waals surface area (Å²) in [5.74, 6) is 0.188. The molecule has 3 aromatic carbocycles. The number of aliphatic imine (C=N–C) groups is 1. The highest BCUT2D eigenvalue weighted by molar-refractivity contribution is 9.10. The van der Waals surface area contributed by atoms with E-state index in [4.69, 9.17) is 19.6 Å². The molecular formula is C29H29BrF3N3O5. The van der Waals surface area contributed by atoms with Crippen LogP contribution >= 0.6 is 15.9 Å². The molecule has 3 N–H and O–H groups in total. The van der Waals surface area contributed by atoms with E-state index in [0.717, 1.165) is 10.0 Å². The average molecular weight is 636 g/mol. The molecule has 0 saturated carbocycles. The standard InChI is InChI=1S/C29H29BrF3N3O5/c1-19-28(17-20-3-9-23(30)10-4-20,35-26(40-19)22-7-13-24(14-8-22)39-16-2-15-37)27(38)36-34-18-21-5-11-25(12-6-21)41-29(31,32)33/h3-14,19,34,37H,2,15-18H2,1H3,(H,36,38)/t19-,28-/m0/s1. The molecule has 0 bridgehead atoms. The molecule has 0 fully saturated rings. The van der Waals surface area contributed by atoms with Crippen molar-refractivity contribution in [3.8, 4) is 11.5 Å². The lowest BCUT2D eigenvalue weighted by molar-refractivity contribution is -0.274. The van der Waals surface area contributed by atoms with E-state index < -0.39 is 23.9 Å². The SMILES string of the molecule is C[C@@H]1OC(c2ccc(OCCCO)cc2)=N[C@]1(Cc1ccc(Br)cc1)C(=O)NNCc1ccc(OC(F)(F)F)cc1. The Kier molecular flexibility index (Phi) is 9.90. The molecule has 3 aromatic rings. The van der Waals surface area contributed by atoms with Crippen molar-refractivity contribution in [2.75, 3.05) is 13.2 Å².